The minimum atomic E-state index is -0.343. The van der Waals surface area contributed by atoms with Crippen LogP contribution in [0.25, 0.3) is 0 Å². The third kappa shape index (κ3) is 4.58. The van der Waals surface area contributed by atoms with Crippen molar-refractivity contribution >= 4 is 5.97 Å². The zero-order chi connectivity index (χ0) is 15.9. The number of nitrogens with zero attached hydrogens (tertiary/aromatic N) is 2. The minimum absolute atomic E-state index is 0.198. The molecule has 0 spiro atoms. The smallest absolute Gasteiger partial charge is 0.338 e. The molecular formula is C16H20N2O4. The van der Waals surface area contributed by atoms with E-state index < -0.39 is 0 Å². The maximum absolute atomic E-state index is 11.5. The van der Waals surface area contributed by atoms with Gasteiger partial charge in [-0.05, 0) is 37.1 Å². The van der Waals surface area contributed by atoms with Crippen molar-refractivity contribution in [2.45, 2.75) is 33.8 Å². The van der Waals surface area contributed by atoms with Crippen LogP contribution < -0.4 is 4.74 Å². The average Bonchev–Trinajstić information content (AvgIpc) is 2.92. The van der Waals surface area contributed by atoms with Crippen LogP contribution in [0.3, 0.4) is 0 Å². The first-order valence-corrected chi connectivity index (χ1v) is 7.30. The molecule has 0 saturated heterocycles. The summed E-state index contributed by atoms with van der Waals surface area (Å²) in [5.41, 5.74) is 0.492. The Kier molecular flexibility index (Phi) is 5.52. The van der Waals surface area contributed by atoms with Crippen molar-refractivity contribution in [3.8, 4) is 5.75 Å². The second-order valence-electron chi connectivity index (χ2n) is 5.24. The summed E-state index contributed by atoms with van der Waals surface area (Å²) in [5, 5.41) is 3.90. The molecule has 0 atom stereocenters. The summed E-state index contributed by atoms with van der Waals surface area (Å²) in [6.45, 7) is 6.51. The van der Waals surface area contributed by atoms with E-state index in [2.05, 4.69) is 24.0 Å². The molecule has 2 aromatic rings. The summed E-state index contributed by atoms with van der Waals surface area (Å²) in [6.07, 6.45) is 0.776. The SMILES string of the molecule is CCOC(=O)c1ccc(OCc2nc(CC(C)C)no2)cc1. The molecule has 0 aliphatic heterocycles. The third-order valence-corrected chi connectivity index (χ3v) is 2.83. The summed E-state index contributed by atoms with van der Waals surface area (Å²) in [7, 11) is 0. The van der Waals surface area contributed by atoms with Crippen molar-refractivity contribution in [1.82, 2.24) is 10.1 Å². The lowest BCUT2D eigenvalue weighted by molar-refractivity contribution is 0.0526. The second-order valence-corrected chi connectivity index (χ2v) is 5.24. The van der Waals surface area contributed by atoms with Crippen molar-refractivity contribution in [3.05, 3.63) is 41.5 Å². The van der Waals surface area contributed by atoms with Crippen molar-refractivity contribution in [2.24, 2.45) is 5.92 Å². The van der Waals surface area contributed by atoms with Crippen molar-refractivity contribution < 1.29 is 18.8 Å². The topological polar surface area (TPSA) is 74.5 Å². The van der Waals surface area contributed by atoms with Gasteiger partial charge in [-0.1, -0.05) is 19.0 Å². The highest BCUT2D eigenvalue weighted by Crippen LogP contribution is 2.15. The number of hydrogen-bond acceptors (Lipinski definition) is 6. The second kappa shape index (κ2) is 7.59. The van der Waals surface area contributed by atoms with Crippen LogP contribution in [-0.2, 0) is 17.8 Å². The number of carbonyl (C=O) groups is 1. The number of rotatable bonds is 7. The van der Waals surface area contributed by atoms with E-state index in [9.17, 15) is 4.79 Å². The van der Waals surface area contributed by atoms with Gasteiger partial charge in [-0.2, -0.15) is 4.98 Å². The number of aromatic nitrogens is 2. The van der Waals surface area contributed by atoms with Crippen molar-refractivity contribution in [3.63, 3.8) is 0 Å². The summed E-state index contributed by atoms with van der Waals surface area (Å²) < 4.78 is 15.6. The molecule has 0 bridgehead atoms. The normalized spacial score (nSPS) is 10.7. The molecule has 0 aliphatic rings. The fourth-order valence-electron chi connectivity index (χ4n) is 1.84. The molecule has 0 radical (unpaired) electrons. The standard InChI is InChI=1S/C16H20N2O4/c1-4-20-16(19)12-5-7-13(8-6-12)21-10-15-17-14(18-22-15)9-11(2)3/h5-8,11H,4,9-10H2,1-3H3. The number of ether oxygens (including phenoxy) is 2. The van der Waals surface area contributed by atoms with Gasteiger partial charge in [-0.15, -0.1) is 0 Å². The summed E-state index contributed by atoms with van der Waals surface area (Å²) in [6, 6.07) is 6.73. The number of benzene rings is 1. The van der Waals surface area contributed by atoms with Gasteiger partial charge in [0.1, 0.15) is 5.75 Å². The van der Waals surface area contributed by atoms with Crippen molar-refractivity contribution in [1.29, 1.82) is 0 Å². The average molecular weight is 304 g/mol. The molecule has 22 heavy (non-hydrogen) atoms. The van der Waals surface area contributed by atoms with Gasteiger partial charge in [0, 0.05) is 6.42 Å². The summed E-state index contributed by atoms with van der Waals surface area (Å²) in [4.78, 5) is 15.8. The van der Waals surface area contributed by atoms with Crippen LogP contribution in [0.5, 0.6) is 5.75 Å². The Hall–Kier alpha value is -2.37. The largest absolute Gasteiger partial charge is 0.484 e. The maximum Gasteiger partial charge on any atom is 0.338 e. The van der Waals surface area contributed by atoms with Crippen LogP contribution in [0.2, 0.25) is 0 Å². The van der Waals surface area contributed by atoms with Crippen LogP contribution in [0, 0.1) is 5.92 Å². The fraction of sp³-hybridized carbons (Fsp3) is 0.438. The van der Waals surface area contributed by atoms with E-state index in [1.807, 2.05) is 0 Å². The maximum atomic E-state index is 11.5. The van der Waals surface area contributed by atoms with Gasteiger partial charge in [-0.3, -0.25) is 0 Å². The Morgan fingerprint density at radius 1 is 1.27 bits per heavy atom. The molecule has 1 heterocycles. The monoisotopic (exact) mass is 304 g/mol. The molecule has 1 aromatic heterocycles. The van der Waals surface area contributed by atoms with Gasteiger partial charge in [0.05, 0.1) is 12.2 Å². The first kappa shape index (κ1) is 16.0. The Balaban J connectivity index is 1.89. The molecule has 6 nitrogen and oxygen atoms in total. The highest BCUT2D eigenvalue weighted by molar-refractivity contribution is 5.89. The lowest BCUT2D eigenvalue weighted by Crippen LogP contribution is -2.04. The van der Waals surface area contributed by atoms with E-state index in [0.29, 0.717) is 35.6 Å². The van der Waals surface area contributed by atoms with Gasteiger partial charge < -0.3 is 14.0 Å². The molecule has 0 aliphatic carbocycles. The lowest BCUT2D eigenvalue weighted by atomic mass is 10.1. The predicted octanol–water partition coefficient (Wildman–Crippen LogP) is 3.02. The van der Waals surface area contributed by atoms with Gasteiger partial charge in [0.15, 0.2) is 12.4 Å². The Morgan fingerprint density at radius 2 is 2.00 bits per heavy atom. The fourth-order valence-corrected chi connectivity index (χ4v) is 1.84. The molecule has 1 aromatic carbocycles. The van der Waals surface area contributed by atoms with E-state index in [0.717, 1.165) is 6.42 Å². The summed E-state index contributed by atoms with van der Waals surface area (Å²) >= 11 is 0. The van der Waals surface area contributed by atoms with Crippen LogP contribution >= 0.6 is 0 Å². The van der Waals surface area contributed by atoms with Crippen LogP contribution in [-0.4, -0.2) is 22.7 Å². The highest BCUT2D eigenvalue weighted by Gasteiger charge is 2.09. The quantitative estimate of drug-likeness (QED) is 0.732. The molecule has 0 saturated carbocycles. The highest BCUT2D eigenvalue weighted by atomic mass is 16.5. The number of carbonyl (C=O) groups excluding carboxylic acids is 1. The number of hydrogen-bond donors (Lipinski definition) is 0. The molecular weight excluding hydrogens is 284 g/mol. The third-order valence-electron chi connectivity index (χ3n) is 2.83. The molecule has 118 valence electrons. The Morgan fingerprint density at radius 3 is 2.64 bits per heavy atom. The molecule has 2 rings (SSSR count). The van der Waals surface area contributed by atoms with E-state index >= 15 is 0 Å². The first-order chi connectivity index (χ1) is 10.6. The van der Waals surface area contributed by atoms with Crippen LogP contribution in [0.4, 0.5) is 0 Å². The summed E-state index contributed by atoms with van der Waals surface area (Å²) in [5.74, 6) is 1.87. The van der Waals surface area contributed by atoms with Gasteiger partial charge in [0.25, 0.3) is 5.89 Å². The van der Waals surface area contributed by atoms with Crippen LogP contribution in [0.1, 0.15) is 42.8 Å². The molecule has 0 amide bonds. The Labute approximate surface area is 129 Å². The molecule has 0 unspecified atom stereocenters. The van der Waals surface area contributed by atoms with E-state index in [4.69, 9.17) is 14.0 Å². The van der Waals surface area contributed by atoms with E-state index in [1.165, 1.54) is 0 Å². The van der Waals surface area contributed by atoms with Gasteiger partial charge >= 0.3 is 5.97 Å². The van der Waals surface area contributed by atoms with Gasteiger partial charge in [0.2, 0.25) is 0 Å². The zero-order valence-corrected chi connectivity index (χ0v) is 13.0. The van der Waals surface area contributed by atoms with Crippen molar-refractivity contribution in [2.75, 3.05) is 6.61 Å². The zero-order valence-electron chi connectivity index (χ0n) is 13.0. The van der Waals surface area contributed by atoms with E-state index in [-0.39, 0.29) is 12.6 Å². The minimum Gasteiger partial charge on any atom is -0.484 e. The van der Waals surface area contributed by atoms with Crippen LogP contribution in [0.15, 0.2) is 28.8 Å². The predicted molar refractivity (Wildman–Crippen MR) is 79.6 cm³/mol. The van der Waals surface area contributed by atoms with E-state index in [1.54, 1.807) is 31.2 Å². The van der Waals surface area contributed by atoms with Gasteiger partial charge in [-0.25, -0.2) is 4.79 Å². The lowest BCUT2D eigenvalue weighted by Gasteiger charge is -2.05. The number of esters is 1. The molecule has 0 N–H and O–H groups in total. The first-order valence-electron chi connectivity index (χ1n) is 7.30. The Bertz CT molecular complexity index is 605. The molecule has 0 fully saturated rings. The molecule has 6 heteroatoms.